The summed E-state index contributed by atoms with van der Waals surface area (Å²) in [6.45, 7) is 6.60. The zero-order chi connectivity index (χ0) is 36.2. The third-order valence-electron chi connectivity index (χ3n) is 11.7. The molecule has 2 atom stereocenters. The molecule has 0 N–H and O–H groups in total. The molecule has 3 aromatic carbocycles. The quantitative estimate of drug-likeness (QED) is 0.126. The minimum atomic E-state index is -4.30. The number of hydrogen-bond donors (Lipinski definition) is 0. The van der Waals surface area contributed by atoms with Gasteiger partial charge in [0.2, 0.25) is 0 Å². The lowest BCUT2D eigenvalue weighted by Crippen LogP contribution is -2.28. The number of halogens is 4. The number of alkyl halides is 3. The van der Waals surface area contributed by atoms with Crippen LogP contribution in [0.25, 0.3) is 27.8 Å². The SMILES string of the molecule is CCCCCCCC1CCC(C2CCC(c3ccc(-c4ccc(-c5ccc(OC(C)CCCCCC)cc5)c(Cl)c4)cc3)=C(C(F)(F)F)C2)CC1. The first-order valence-electron chi connectivity index (χ1n) is 20.1. The van der Waals surface area contributed by atoms with Gasteiger partial charge in [0, 0.05) is 16.2 Å². The number of unbranched alkanes of at least 4 members (excludes halogenated alkanes) is 7. The lowest BCUT2D eigenvalue weighted by Gasteiger charge is -2.38. The third-order valence-corrected chi connectivity index (χ3v) is 12.0. The molecular weight excluding hydrogens is 661 g/mol. The molecule has 1 saturated carbocycles. The second kappa shape index (κ2) is 19.4. The van der Waals surface area contributed by atoms with Crippen LogP contribution < -0.4 is 4.74 Å². The van der Waals surface area contributed by atoms with Crippen molar-refractivity contribution in [1.82, 2.24) is 0 Å². The van der Waals surface area contributed by atoms with Crippen LogP contribution in [0.4, 0.5) is 13.2 Å². The van der Waals surface area contributed by atoms with E-state index in [1.807, 2.05) is 66.7 Å². The Morgan fingerprint density at radius 1 is 0.686 bits per heavy atom. The Balaban J connectivity index is 1.19. The fraction of sp³-hybridized carbons (Fsp3) is 0.565. The maximum Gasteiger partial charge on any atom is 0.412 e. The third kappa shape index (κ3) is 11.4. The summed E-state index contributed by atoms with van der Waals surface area (Å²) in [7, 11) is 0. The lowest BCUT2D eigenvalue weighted by atomic mass is 9.68. The number of allylic oxidation sites excluding steroid dienone is 2. The summed E-state index contributed by atoms with van der Waals surface area (Å²) in [6, 6.07) is 21.7. The van der Waals surface area contributed by atoms with Gasteiger partial charge in [0.15, 0.2) is 0 Å². The minimum Gasteiger partial charge on any atom is -0.491 e. The van der Waals surface area contributed by atoms with Crippen LogP contribution in [0, 0.1) is 17.8 Å². The molecule has 3 aromatic rings. The Morgan fingerprint density at radius 2 is 1.29 bits per heavy atom. The summed E-state index contributed by atoms with van der Waals surface area (Å²) in [5, 5.41) is 0.635. The molecule has 0 aromatic heterocycles. The molecule has 0 spiro atoms. The number of ether oxygens (including phenoxy) is 1. The van der Waals surface area contributed by atoms with Crippen LogP contribution in [0.5, 0.6) is 5.75 Å². The van der Waals surface area contributed by atoms with Crippen LogP contribution in [0.1, 0.15) is 142 Å². The molecule has 0 aliphatic heterocycles. The fourth-order valence-electron chi connectivity index (χ4n) is 8.62. The van der Waals surface area contributed by atoms with E-state index in [2.05, 4.69) is 20.8 Å². The summed E-state index contributed by atoms with van der Waals surface area (Å²) < 4.78 is 49.7. The Hall–Kier alpha value is -2.72. The Bertz CT molecular complexity index is 1520. The molecule has 2 aliphatic carbocycles. The molecular formula is C46H60ClF3O. The maximum atomic E-state index is 14.5. The average Bonchev–Trinajstić information content (AvgIpc) is 3.13. The molecule has 51 heavy (non-hydrogen) atoms. The normalized spacial score (nSPS) is 20.4. The van der Waals surface area contributed by atoms with Gasteiger partial charge in [-0.3, -0.25) is 0 Å². The van der Waals surface area contributed by atoms with E-state index in [4.69, 9.17) is 16.3 Å². The van der Waals surface area contributed by atoms with Gasteiger partial charge >= 0.3 is 6.18 Å². The van der Waals surface area contributed by atoms with Crippen LogP contribution in [-0.4, -0.2) is 12.3 Å². The van der Waals surface area contributed by atoms with E-state index >= 15 is 0 Å². The van der Waals surface area contributed by atoms with Crippen molar-refractivity contribution in [1.29, 1.82) is 0 Å². The molecule has 0 saturated heterocycles. The molecule has 1 nitrogen and oxygen atoms in total. The second-order valence-corrected chi connectivity index (χ2v) is 15.9. The molecule has 5 rings (SSSR count). The van der Waals surface area contributed by atoms with Crippen LogP contribution in [0.2, 0.25) is 5.02 Å². The predicted molar refractivity (Wildman–Crippen MR) is 210 cm³/mol. The average molecular weight is 721 g/mol. The molecule has 0 heterocycles. The van der Waals surface area contributed by atoms with Crippen molar-refractivity contribution >= 4 is 17.2 Å². The highest BCUT2D eigenvalue weighted by Gasteiger charge is 2.41. The zero-order valence-electron chi connectivity index (χ0n) is 31.3. The fourth-order valence-corrected chi connectivity index (χ4v) is 8.91. The first-order valence-corrected chi connectivity index (χ1v) is 20.5. The Labute approximate surface area is 311 Å². The van der Waals surface area contributed by atoms with Gasteiger partial charge < -0.3 is 4.74 Å². The molecule has 0 radical (unpaired) electrons. The molecule has 0 amide bonds. The van der Waals surface area contributed by atoms with E-state index in [0.29, 0.717) is 28.5 Å². The summed E-state index contributed by atoms with van der Waals surface area (Å²) in [6.07, 6.45) is 15.8. The van der Waals surface area contributed by atoms with Gasteiger partial charge in [0.25, 0.3) is 0 Å². The van der Waals surface area contributed by atoms with Crippen molar-refractivity contribution in [2.24, 2.45) is 17.8 Å². The highest BCUT2D eigenvalue weighted by Crippen LogP contribution is 2.49. The summed E-state index contributed by atoms with van der Waals surface area (Å²) in [5.41, 5.74) is 4.71. The smallest absolute Gasteiger partial charge is 0.412 e. The van der Waals surface area contributed by atoms with E-state index < -0.39 is 6.18 Å². The first kappa shape index (κ1) is 39.5. The summed E-state index contributed by atoms with van der Waals surface area (Å²) in [5.74, 6) is 2.20. The minimum absolute atomic E-state index is 0.142. The summed E-state index contributed by atoms with van der Waals surface area (Å²) >= 11 is 6.80. The van der Waals surface area contributed by atoms with E-state index in [1.165, 1.54) is 77.0 Å². The number of benzene rings is 3. The second-order valence-electron chi connectivity index (χ2n) is 15.5. The zero-order valence-corrected chi connectivity index (χ0v) is 32.1. The Morgan fingerprint density at radius 3 is 1.94 bits per heavy atom. The van der Waals surface area contributed by atoms with Gasteiger partial charge in [0.05, 0.1) is 6.10 Å². The first-order chi connectivity index (χ1) is 24.7. The van der Waals surface area contributed by atoms with E-state index in [0.717, 1.165) is 59.6 Å². The Kier molecular flexibility index (Phi) is 15.0. The van der Waals surface area contributed by atoms with Crippen molar-refractivity contribution in [3.05, 3.63) is 82.9 Å². The number of rotatable bonds is 17. The van der Waals surface area contributed by atoms with E-state index in [1.54, 1.807) is 0 Å². The molecule has 2 aliphatic rings. The molecule has 1 fully saturated rings. The van der Waals surface area contributed by atoms with Gasteiger partial charge in [-0.25, -0.2) is 0 Å². The van der Waals surface area contributed by atoms with Gasteiger partial charge in [-0.15, -0.1) is 0 Å². The highest BCUT2D eigenvalue weighted by atomic mass is 35.5. The van der Waals surface area contributed by atoms with Gasteiger partial charge in [-0.05, 0) is 116 Å². The van der Waals surface area contributed by atoms with Crippen LogP contribution in [0.3, 0.4) is 0 Å². The topological polar surface area (TPSA) is 9.23 Å². The van der Waals surface area contributed by atoms with Crippen molar-refractivity contribution < 1.29 is 17.9 Å². The van der Waals surface area contributed by atoms with Crippen LogP contribution in [0.15, 0.2) is 72.3 Å². The van der Waals surface area contributed by atoms with E-state index in [-0.39, 0.29) is 24.0 Å². The van der Waals surface area contributed by atoms with Crippen molar-refractivity contribution in [3.8, 4) is 28.0 Å². The van der Waals surface area contributed by atoms with Gasteiger partial charge in [0.1, 0.15) is 5.75 Å². The molecule has 2 unspecified atom stereocenters. The number of hydrogen-bond acceptors (Lipinski definition) is 1. The van der Waals surface area contributed by atoms with Crippen molar-refractivity contribution in [3.63, 3.8) is 0 Å². The highest BCUT2D eigenvalue weighted by molar-refractivity contribution is 6.33. The maximum absolute atomic E-state index is 14.5. The monoisotopic (exact) mass is 720 g/mol. The standard InChI is InChI=1S/C46H60ClF3O/c1-4-6-8-10-12-14-34-15-17-35(18-16-34)39-25-29-42(44(31-39)46(48,49)50)37-21-19-36(20-22-37)40-26-30-43(45(47)32-40)38-23-27-41(28-24-38)51-33(3)13-11-9-7-5-2/h19-24,26-28,30,32-35,39H,4-18,25,29,31H2,1-3H3. The summed E-state index contributed by atoms with van der Waals surface area (Å²) in [4.78, 5) is 0. The molecule has 5 heteroatoms. The van der Waals surface area contributed by atoms with Crippen LogP contribution >= 0.6 is 11.6 Å². The van der Waals surface area contributed by atoms with Gasteiger partial charge in [-0.2, -0.15) is 13.2 Å². The van der Waals surface area contributed by atoms with Crippen molar-refractivity contribution in [2.75, 3.05) is 0 Å². The van der Waals surface area contributed by atoms with Crippen LogP contribution in [-0.2, 0) is 0 Å². The predicted octanol–water partition coefficient (Wildman–Crippen LogP) is 15.7. The molecule has 0 bridgehead atoms. The largest absolute Gasteiger partial charge is 0.491 e. The van der Waals surface area contributed by atoms with Gasteiger partial charge in [-0.1, -0.05) is 145 Å². The lowest BCUT2D eigenvalue weighted by molar-refractivity contribution is -0.0967. The molecule has 278 valence electrons. The van der Waals surface area contributed by atoms with E-state index in [9.17, 15) is 13.2 Å². The van der Waals surface area contributed by atoms with Crippen molar-refractivity contribution in [2.45, 2.75) is 149 Å².